The molecule has 4 nitrogen and oxygen atoms in total. The Labute approximate surface area is 61.2 Å². The van der Waals surface area contributed by atoms with E-state index in [1.54, 1.807) is 0 Å². The Morgan fingerprint density at radius 2 is 2.30 bits per heavy atom. The average molecular weight is 185 g/mol. The monoisotopic (exact) mass is 184 g/mol. The third-order valence-corrected chi connectivity index (χ3v) is 1.71. The molecule has 7 heteroatoms. The average Bonchev–Trinajstić information content (AvgIpc) is 2.11. The number of halogens is 2. The van der Waals surface area contributed by atoms with Gasteiger partial charge in [-0.05, 0) is 11.6 Å². The van der Waals surface area contributed by atoms with Crippen molar-refractivity contribution in [3.63, 3.8) is 0 Å². The Balaban J connectivity index is 3.21. The van der Waals surface area contributed by atoms with E-state index >= 15 is 0 Å². The lowest BCUT2D eigenvalue weighted by molar-refractivity contribution is 0.548. The molecule has 0 aliphatic heterocycles. The highest BCUT2D eigenvalue weighted by atomic mass is 35.5. The summed E-state index contributed by atoms with van der Waals surface area (Å²) in [5.41, 5.74) is 0. The Kier molecular flexibility index (Phi) is 1.65. The van der Waals surface area contributed by atoms with Crippen LogP contribution in [0.5, 0.6) is 0 Å². The Hall–Kier alpha value is -0.620. The predicted octanol–water partition coefficient (Wildman–Crippen LogP) is 0.721. The van der Waals surface area contributed by atoms with Crippen molar-refractivity contribution < 1.29 is 12.3 Å². The highest BCUT2D eigenvalue weighted by molar-refractivity contribution is 7.86. The molecule has 1 aromatic heterocycles. The fourth-order valence-corrected chi connectivity index (χ4v) is 1.01. The Morgan fingerprint density at radius 1 is 1.70 bits per heavy atom. The smallest absolute Gasteiger partial charge is 0.317 e. The summed E-state index contributed by atoms with van der Waals surface area (Å²) in [5.74, 6) is 0. The normalized spacial score (nSPS) is 11.8. The minimum atomic E-state index is -4.68. The fraction of sp³-hybridized carbons (Fsp3) is 0. The van der Waals surface area contributed by atoms with Gasteiger partial charge in [0, 0.05) is 0 Å². The molecule has 0 saturated carbocycles. The Bertz CT molecular complexity index is 332. The summed E-state index contributed by atoms with van der Waals surface area (Å²) in [4.78, 5) is 5.28. The largest absolute Gasteiger partial charge is 0.349 e. The molecule has 1 aromatic rings. The number of nitrogens with zero attached hydrogens (tertiary/aromatic N) is 1. The molecule has 1 heterocycles. The van der Waals surface area contributed by atoms with Gasteiger partial charge in [0.25, 0.3) is 0 Å². The van der Waals surface area contributed by atoms with E-state index in [1.807, 2.05) is 4.98 Å². The maximum absolute atomic E-state index is 12.0. The van der Waals surface area contributed by atoms with Crippen molar-refractivity contribution in [1.82, 2.24) is 9.97 Å². The molecule has 0 unspecified atom stereocenters. The summed E-state index contributed by atoms with van der Waals surface area (Å²) in [5, 5.41) is -0.784. The van der Waals surface area contributed by atoms with Crippen LogP contribution in [0.2, 0.25) is 5.28 Å². The topological polar surface area (TPSA) is 62.8 Å². The van der Waals surface area contributed by atoms with Crippen molar-refractivity contribution in [1.29, 1.82) is 0 Å². The second kappa shape index (κ2) is 2.21. The van der Waals surface area contributed by atoms with Crippen molar-refractivity contribution in [3.05, 3.63) is 11.5 Å². The van der Waals surface area contributed by atoms with Gasteiger partial charge >= 0.3 is 10.2 Å². The molecule has 0 aliphatic rings. The van der Waals surface area contributed by atoms with E-state index in [-0.39, 0.29) is 5.28 Å². The van der Waals surface area contributed by atoms with Gasteiger partial charge in [-0.15, -0.1) is 0 Å². The van der Waals surface area contributed by atoms with Crippen LogP contribution in [0.15, 0.2) is 11.2 Å². The van der Waals surface area contributed by atoms with E-state index in [0.29, 0.717) is 0 Å². The lowest BCUT2D eigenvalue weighted by Crippen LogP contribution is -1.90. The van der Waals surface area contributed by atoms with Crippen LogP contribution in [0.25, 0.3) is 0 Å². The third-order valence-electron chi connectivity index (χ3n) is 0.784. The summed E-state index contributed by atoms with van der Waals surface area (Å²) in [6, 6.07) is 0. The number of imidazole rings is 1. The molecule has 0 aromatic carbocycles. The van der Waals surface area contributed by atoms with Gasteiger partial charge < -0.3 is 4.98 Å². The molecule has 0 atom stereocenters. The van der Waals surface area contributed by atoms with Crippen LogP contribution >= 0.6 is 11.6 Å². The van der Waals surface area contributed by atoms with Gasteiger partial charge in [-0.25, -0.2) is 4.98 Å². The summed E-state index contributed by atoms with van der Waals surface area (Å²) < 4.78 is 32.1. The molecule has 0 spiro atoms. The zero-order valence-corrected chi connectivity index (χ0v) is 6.08. The van der Waals surface area contributed by atoms with E-state index in [9.17, 15) is 12.3 Å². The van der Waals surface area contributed by atoms with Gasteiger partial charge in [0.1, 0.15) is 0 Å². The quantitative estimate of drug-likeness (QED) is 0.655. The first kappa shape index (κ1) is 7.49. The summed E-state index contributed by atoms with van der Waals surface area (Å²) in [6.07, 6.45) is 0.803. The van der Waals surface area contributed by atoms with Crippen LogP contribution in [0.4, 0.5) is 3.89 Å². The molecule has 56 valence electrons. The lowest BCUT2D eigenvalue weighted by atomic mass is 11.0. The maximum atomic E-state index is 12.0. The van der Waals surface area contributed by atoms with E-state index in [1.165, 1.54) is 0 Å². The van der Waals surface area contributed by atoms with Crippen LogP contribution in [-0.4, -0.2) is 18.4 Å². The first-order chi connectivity index (χ1) is 4.50. The molecule has 10 heavy (non-hydrogen) atoms. The molecule has 1 rings (SSSR count). The highest BCUT2D eigenvalue weighted by Crippen LogP contribution is 2.10. The Morgan fingerprint density at radius 3 is 2.50 bits per heavy atom. The number of H-pyrrole nitrogens is 1. The van der Waals surface area contributed by atoms with Crippen molar-refractivity contribution in [2.45, 2.75) is 5.03 Å². The van der Waals surface area contributed by atoms with Gasteiger partial charge in [0.05, 0.1) is 6.20 Å². The minimum Gasteiger partial charge on any atom is -0.317 e. The van der Waals surface area contributed by atoms with Crippen LogP contribution in [0, 0.1) is 0 Å². The van der Waals surface area contributed by atoms with Crippen LogP contribution in [0.3, 0.4) is 0 Å². The molecule has 0 fully saturated rings. The number of hydrogen-bond donors (Lipinski definition) is 1. The van der Waals surface area contributed by atoms with Crippen LogP contribution in [-0.2, 0) is 10.2 Å². The summed E-state index contributed by atoms with van der Waals surface area (Å²) in [6.45, 7) is 0. The van der Waals surface area contributed by atoms with E-state index < -0.39 is 15.2 Å². The minimum absolute atomic E-state index is 0.156. The molecule has 1 N–H and O–H groups in total. The number of hydrogen-bond acceptors (Lipinski definition) is 3. The first-order valence-electron chi connectivity index (χ1n) is 2.15. The van der Waals surface area contributed by atoms with Crippen LogP contribution < -0.4 is 0 Å². The lowest BCUT2D eigenvalue weighted by Gasteiger charge is -1.82. The van der Waals surface area contributed by atoms with Crippen molar-refractivity contribution >= 4 is 21.8 Å². The summed E-state index contributed by atoms with van der Waals surface area (Å²) in [7, 11) is -4.68. The number of aromatic nitrogens is 2. The summed E-state index contributed by atoms with van der Waals surface area (Å²) >= 11 is 5.17. The van der Waals surface area contributed by atoms with Gasteiger partial charge in [-0.3, -0.25) is 0 Å². The molecule has 0 bridgehead atoms. The molecule has 0 aliphatic carbocycles. The zero-order valence-electron chi connectivity index (χ0n) is 4.51. The molecule has 0 saturated heterocycles. The van der Waals surface area contributed by atoms with Crippen LogP contribution in [0.1, 0.15) is 0 Å². The van der Waals surface area contributed by atoms with Gasteiger partial charge in [-0.1, -0.05) is 3.89 Å². The number of rotatable bonds is 1. The second-order valence-electron chi connectivity index (χ2n) is 1.48. The van der Waals surface area contributed by atoms with Gasteiger partial charge in [0.15, 0.2) is 5.03 Å². The van der Waals surface area contributed by atoms with Gasteiger partial charge in [0.2, 0.25) is 5.28 Å². The van der Waals surface area contributed by atoms with Gasteiger partial charge in [-0.2, -0.15) is 8.42 Å². The first-order valence-corrected chi connectivity index (χ1v) is 3.91. The standard InChI is InChI=1S/C3H2ClFN2O2S/c4-3-6-1-2(7-3)10(5,8)9/h1H,(H,6,7). The molecule has 0 radical (unpaired) electrons. The highest BCUT2D eigenvalue weighted by Gasteiger charge is 2.13. The third kappa shape index (κ3) is 1.45. The number of aromatic amines is 1. The maximum Gasteiger partial charge on any atom is 0.349 e. The van der Waals surface area contributed by atoms with Crippen molar-refractivity contribution in [3.8, 4) is 0 Å². The second-order valence-corrected chi connectivity index (χ2v) is 3.15. The molecular formula is C3H2ClFN2O2S. The van der Waals surface area contributed by atoms with Crippen molar-refractivity contribution in [2.24, 2.45) is 0 Å². The van der Waals surface area contributed by atoms with E-state index in [2.05, 4.69) is 4.98 Å². The predicted molar refractivity (Wildman–Crippen MR) is 31.9 cm³/mol. The fourth-order valence-electron chi connectivity index (χ4n) is 0.405. The molecular weight excluding hydrogens is 183 g/mol. The number of nitrogens with one attached hydrogen (secondary N) is 1. The zero-order chi connectivity index (χ0) is 7.78. The van der Waals surface area contributed by atoms with E-state index in [0.717, 1.165) is 6.20 Å². The molecule has 0 amide bonds. The SMILES string of the molecule is O=S(=O)(F)c1cnc(Cl)[nH]1. The van der Waals surface area contributed by atoms with E-state index in [4.69, 9.17) is 11.6 Å². The van der Waals surface area contributed by atoms with Crippen molar-refractivity contribution in [2.75, 3.05) is 0 Å².